The lowest BCUT2D eigenvalue weighted by molar-refractivity contribution is 0.102. The van der Waals surface area contributed by atoms with E-state index in [1.165, 1.54) is 11.1 Å². The van der Waals surface area contributed by atoms with E-state index in [0.29, 0.717) is 12.2 Å². The summed E-state index contributed by atoms with van der Waals surface area (Å²) in [6.07, 6.45) is 0.974. The number of fused-ring (bicyclic) bond motifs is 1. The van der Waals surface area contributed by atoms with E-state index in [1.807, 2.05) is 37.3 Å². The van der Waals surface area contributed by atoms with Crippen LogP contribution in [0.25, 0.3) is 0 Å². The Morgan fingerprint density at radius 2 is 2.04 bits per heavy atom. The minimum Gasteiger partial charge on any atom is -0.321 e. The third kappa shape index (κ3) is 3.94. The van der Waals surface area contributed by atoms with Crippen molar-refractivity contribution in [2.24, 2.45) is 0 Å². The zero-order chi connectivity index (χ0) is 18.8. The van der Waals surface area contributed by atoms with Gasteiger partial charge in [-0.25, -0.2) is 4.68 Å². The van der Waals surface area contributed by atoms with Crippen molar-refractivity contribution < 1.29 is 4.79 Å². The van der Waals surface area contributed by atoms with Gasteiger partial charge in [-0.1, -0.05) is 39.3 Å². The van der Waals surface area contributed by atoms with Crippen LogP contribution < -0.4 is 10.6 Å². The Bertz CT molecular complexity index is 981. The highest BCUT2D eigenvalue weighted by Crippen LogP contribution is 2.20. The van der Waals surface area contributed by atoms with Crippen molar-refractivity contribution >= 4 is 27.5 Å². The monoisotopic (exact) mass is 425 g/mol. The molecule has 0 saturated heterocycles. The van der Waals surface area contributed by atoms with Crippen molar-refractivity contribution in [2.75, 3.05) is 11.9 Å². The Labute approximate surface area is 166 Å². The highest BCUT2D eigenvalue weighted by molar-refractivity contribution is 9.10. The van der Waals surface area contributed by atoms with Gasteiger partial charge in [0.15, 0.2) is 5.69 Å². The topological polar surface area (TPSA) is 71.8 Å². The summed E-state index contributed by atoms with van der Waals surface area (Å²) in [6.45, 7) is 4.29. The van der Waals surface area contributed by atoms with Crippen molar-refractivity contribution in [2.45, 2.75) is 26.4 Å². The van der Waals surface area contributed by atoms with Crippen LogP contribution in [-0.4, -0.2) is 27.4 Å². The van der Waals surface area contributed by atoms with Crippen LogP contribution in [0.15, 0.2) is 46.9 Å². The van der Waals surface area contributed by atoms with E-state index in [4.69, 9.17) is 0 Å². The quantitative estimate of drug-likeness (QED) is 0.672. The Balaban J connectivity index is 1.49. The van der Waals surface area contributed by atoms with E-state index < -0.39 is 0 Å². The van der Waals surface area contributed by atoms with Gasteiger partial charge in [0.05, 0.1) is 12.2 Å². The summed E-state index contributed by atoms with van der Waals surface area (Å²) in [4.78, 5) is 12.7. The third-order valence-corrected chi connectivity index (χ3v) is 5.32. The lowest BCUT2D eigenvalue weighted by Crippen LogP contribution is -2.23. The molecule has 0 saturated carbocycles. The Hall–Kier alpha value is -2.51. The number of amides is 1. The van der Waals surface area contributed by atoms with Crippen LogP contribution >= 0.6 is 15.9 Å². The van der Waals surface area contributed by atoms with Crippen LogP contribution in [0.1, 0.15) is 32.9 Å². The maximum atomic E-state index is 12.7. The van der Waals surface area contributed by atoms with E-state index in [1.54, 1.807) is 4.68 Å². The summed E-state index contributed by atoms with van der Waals surface area (Å²) < 4.78 is 2.78. The maximum Gasteiger partial charge on any atom is 0.278 e. The van der Waals surface area contributed by atoms with Crippen LogP contribution in [-0.2, 0) is 19.5 Å². The minimum absolute atomic E-state index is 0.233. The average Bonchev–Trinajstić information content (AvgIpc) is 3.04. The highest BCUT2D eigenvalue weighted by atomic mass is 79.9. The molecule has 4 rings (SSSR count). The molecule has 138 valence electrons. The molecule has 0 aliphatic carbocycles. The molecule has 1 aliphatic heterocycles. The number of benzene rings is 2. The predicted molar refractivity (Wildman–Crippen MR) is 108 cm³/mol. The SMILES string of the molecule is Cc1c(C(=O)Nc2ccc3c(c2)CCNC3)nnn1Cc1ccc(Br)cc1. The number of hydrogen-bond donors (Lipinski definition) is 2. The fraction of sp³-hybridized carbons (Fsp3) is 0.250. The normalized spacial score (nSPS) is 13.3. The Morgan fingerprint density at radius 1 is 1.22 bits per heavy atom. The molecular formula is C20H20BrN5O. The first-order valence-corrected chi connectivity index (χ1v) is 9.68. The van der Waals surface area contributed by atoms with E-state index in [2.05, 4.69) is 49.0 Å². The molecule has 6 nitrogen and oxygen atoms in total. The molecule has 0 atom stereocenters. The number of rotatable bonds is 4. The largest absolute Gasteiger partial charge is 0.321 e. The predicted octanol–water partition coefficient (Wildman–Crippen LogP) is 3.30. The summed E-state index contributed by atoms with van der Waals surface area (Å²) in [5.74, 6) is -0.233. The molecule has 0 unspecified atom stereocenters. The van der Waals surface area contributed by atoms with Gasteiger partial charge in [-0.3, -0.25) is 4.79 Å². The number of nitrogens with zero attached hydrogens (tertiary/aromatic N) is 3. The van der Waals surface area contributed by atoms with Crippen LogP contribution in [0, 0.1) is 6.92 Å². The number of halogens is 1. The molecule has 3 aromatic rings. The number of anilines is 1. The van der Waals surface area contributed by atoms with Gasteiger partial charge in [0.25, 0.3) is 5.91 Å². The van der Waals surface area contributed by atoms with Gasteiger partial charge in [-0.05, 0) is 60.8 Å². The zero-order valence-electron chi connectivity index (χ0n) is 15.0. The highest BCUT2D eigenvalue weighted by Gasteiger charge is 2.18. The summed E-state index contributed by atoms with van der Waals surface area (Å²) in [5, 5.41) is 14.5. The molecule has 2 N–H and O–H groups in total. The summed E-state index contributed by atoms with van der Waals surface area (Å²) >= 11 is 3.43. The Kier molecular flexibility index (Phi) is 5.05. The van der Waals surface area contributed by atoms with E-state index in [-0.39, 0.29) is 5.91 Å². The molecule has 0 spiro atoms. The van der Waals surface area contributed by atoms with Crippen molar-refractivity contribution in [1.82, 2.24) is 20.3 Å². The maximum absolute atomic E-state index is 12.7. The molecule has 2 heterocycles. The summed E-state index contributed by atoms with van der Waals surface area (Å²) in [6, 6.07) is 14.1. The molecule has 27 heavy (non-hydrogen) atoms. The number of carbonyl (C=O) groups excluding carboxylic acids is 1. The van der Waals surface area contributed by atoms with Gasteiger partial charge >= 0.3 is 0 Å². The zero-order valence-corrected chi connectivity index (χ0v) is 16.6. The van der Waals surface area contributed by atoms with Gasteiger partial charge in [0, 0.05) is 16.7 Å². The summed E-state index contributed by atoms with van der Waals surface area (Å²) in [5.41, 5.74) is 5.56. The van der Waals surface area contributed by atoms with Gasteiger partial charge < -0.3 is 10.6 Å². The first-order valence-electron chi connectivity index (χ1n) is 8.88. The number of carbonyl (C=O) groups is 1. The molecule has 2 aromatic carbocycles. The molecule has 1 amide bonds. The van der Waals surface area contributed by atoms with Gasteiger partial charge in [0.2, 0.25) is 0 Å². The van der Waals surface area contributed by atoms with Gasteiger partial charge in [0.1, 0.15) is 0 Å². The smallest absolute Gasteiger partial charge is 0.278 e. The number of aromatic nitrogens is 3. The molecule has 0 bridgehead atoms. The lowest BCUT2D eigenvalue weighted by Gasteiger charge is -2.18. The molecule has 1 aliphatic rings. The third-order valence-electron chi connectivity index (χ3n) is 4.79. The van der Waals surface area contributed by atoms with Crippen LogP contribution in [0.5, 0.6) is 0 Å². The summed E-state index contributed by atoms with van der Waals surface area (Å²) in [7, 11) is 0. The minimum atomic E-state index is -0.233. The van der Waals surface area contributed by atoms with Crippen LogP contribution in [0.3, 0.4) is 0 Å². The van der Waals surface area contributed by atoms with Crippen LogP contribution in [0.2, 0.25) is 0 Å². The second kappa shape index (κ2) is 7.62. The fourth-order valence-electron chi connectivity index (χ4n) is 3.23. The van der Waals surface area contributed by atoms with E-state index in [0.717, 1.165) is 40.9 Å². The standard InChI is InChI=1S/C20H20BrN5O/c1-13-19(24-25-26(13)12-14-2-5-17(21)6-3-14)20(27)23-18-7-4-16-11-22-9-8-15(16)10-18/h2-7,10,22H,8-9,11-12H2,1H3,(H,23,27). The molecular weight excluding hydrogens is 406 g/mol. The van der Waals surface area contributed by atoms with Crippen molar-refractivity contribution in [3.8, 4) is 0 Å². The molecule has 7 heteroatoms. The van der Waals surface area contributed by atoms with Crippen molar-refractivity contribution in [3.63, 3.8) is 0 Å². The number of hydrogen-bond acceptors (Lipinski definition) is 4. The molecule has 1 aromatic heterocycles. The molecule has 0 radical (unpaired) electrons. The fourth-order valence-corrected chi connectivity index (χ4v) is 3.49. The van der Waals surface area contributed by atoms with E-state index in [9.17, 15) is 4.79 Å². The van der Waals surface area contributed by atoms with Crippen LogP contribution in [0.4, 0.5) is 5.69 Å². The second-order valence-corrected chi connectivity index (χ2v) is 7.59. The number of nitrogens with one attached hydrogen (secondary N) is 2. The lowest BCUT2D eigenvalue weighted by atomic mass is 10.0. The first-order chi connectivity index (χ1) is 13.1. The van der Waals surface area contributed by atoms with Crippen molar-refractivity contribution in [1.29, 1.82) is 0 Å². The average molecular weight is 426 g/mol. The first kappa shape index (κ1) is 17.9. The Morgan fingerprint density at radius 3 is 2.85 bits per heavy atom. The van der Waals surface area contributed by atoms with Gasteiger partial charge in [-0.15, -0.1) is 5.10 Å². The van der Waals surface area contributed by atoms with Gasteiger partial charge in [-0.2, -0.15) is 0 Å². The van der Waals surface area contributed by atoms with Crippen molar-refractivity contribution in [3.05, 3.63) is 75.0 Å². The molecule has 0 fully saturated rings. The van der Waals surface area contributed by atoms with E-state index >= 15 is 0 Å². The second-order valence-electron chi connectivity index (χ2n) is 6.67.